The van der Waals surface area contributed by atoms with Crippen LogP contribution in [0, 0.1) is 18.3 Å². The van der Waals surface area contributed by atoms with Gasteiger partial charge in [0.15, 0.2) is 0 Å². The zero-order chi connectivity index (χ0) is 25.6. The van der Waals surface area contributed by atoms with Gasteiger partial charge in [0, 0.05) is 59.5 Å². The van der Waals surface area contributed by atoms with Crippen LogP contribution in [-0.2, 0) is 6.54 Å². The Morgan fingerprint density at radius 3 is 2.86 bits per heavy atom. The molecule has 4 heterocycles. The fourth-order valence-corrected chi connectivity index (χ4v) is 5.04. The molecule has 4 aromatic rings. The number of aromatic nitrogens is 3. The van der Waals surface area contributed by atoms with Crippen molar-refractivity contribution in [1.82, 2.24) is 25.2 Å². The maximum Gasteiger partial charge on any atom is 0.103 e. The molecule has 37 heavy (non-hydrogen) atoms. The number of aromatic amines is 1. The summed E-state index contributed by atoms with van der Waals surface area (Å²) in [6.07, 6.45) is 15.0. The Balaban J connectivity index is 1.25. The first-order chi connectivity index (χ1) is 18.1. The Labute approximate surface area is 218 Å². The van der Waals surface area contributed by atoms with Gasteiger partial charge in [-0.15, -0.1) is 0 Å². The normalized spacial score (nSPS) is 16.0. The van der Waals surface area contributed by atoms with Gasteiger partial charge in [-0.25, -0.2) is 0 Å². The van der Waals surface area contributed by atoms with Gasteiger partial charge >= 0.3 is 0 Å². The van der Waals surface area contributed by atoms with Crippen LogP contribution < -0.4 is 10.6 Å². The highest BCUT2D eigenvalue weighted by Crippen LogP contribution is 2.31. The first-order valence-corrected chi connectivity index (χ1v) is 12.9. The van der Waals surface area contributed by atoms with Crippen LogP contribution in [0.1, 0.15) is 47.2 Å². The van der Waals surface area contributed by atoms with E-state index in [1.54, 1.807) is 12.4 Å². The number of pyridine rings is 2. The molecule has 0 bridgehead atoms. The number of nitrogens with zero attached hydrogens (tertiary/aromatic N) is 4. The van der Waals surface area contributed by atoms with Crippen molar-refractivity contribution in [3.8, 4) is 6.07 Å². The molecule has 1 saturated heterocycles. The summed E-state index contributed by atoms with van der Waals surface area (Å²) in [6, 6.07) is 13.3. The topological polar surface area (TPSA) is 92.7 Å². The van der Waals surface area contributed by atoms with E-state index in [0.717, 1.165) is 52.2 Å². The van der Waals surface area contributed by atoms with E-state index >= 15 is 0 Å². The zero-order valence-electron chi connectivity index (χ0n) is 21.5. The van der Waals surface area contributed by atoms with Crippen LogP contribution >= 0.6 is 0 Å². The monoisotopic (exact) mass is 491 g/mol. The Morgan fingerprint density at radius 1 is 1.16 bits per heavy atom. The minimum atomic E-state index is 0.494. The summed E-state index contributed by atoms with van der Waals surface area (Å²) in [7, 11) is 2.23. The summed E-state index contributed by atoms with van der Waals surface area (Å²) in [5.41, 5.74) is 7.25. The standard InChI is InChI=1S/C30H33N7/c1-21-27-12-14-34-29(27)10-9-28(21)36-30-23(19-33-20-24(30)16-31)6-8-25-7-5-22(18-35-25)17-32-13-11-26-4-3-15-37(26)2/h5-10,12,14,18-20,26,32,34H,3-4,11,13,15,17H2,1-2H3,(H,33,36)/b8-6+. The quantitative estimate of drug-likeness (QED) is 0.263. The summed E-state index contributed by atoms with van der Waals surface area (Å²) in [5.74, 6) is 0. The second kappa shape index (κ2) is 11.4. The van der Waals surface area contributed by atoms with Gasteiger partial charge in [-0.1, -0.05) is 6.07 Å². The van der Waals surface area contributed by atoms with Gasteiger partial charge in [0.1, 0.15) is 6.07 Å². The van der Waals surface area contributed by atoms with Crippen molar-refractivity contribution >= 4 is 34.4 Å². The molecular weight excluding hydrogens is 458 g/mol. The number of benzene rings is 1. The minimum absolute atomic E-state index is 0.494. The molecule has 0 radical (unpaired) electrons. The molecule has 5 rings (SSSR count). The third-order valence-corrected chi connectivity index (χ3v) is 7.30. The Hall–Kier alpha value is -3.99. The predicted octanol–water partition coefficient (Wildman–Crippen LogP) is 5.63. The number of likely N-dealkylation sites (tertiary alicyclic amines) is 1. The zero-order valence-corrected chi connectivity index (χ0v) is 21.5. The number of hydrogen-bond donors (Lipinski definition) is 3. The SMILES string of the molecule is Cc1c(Nc2c(C#N)cncc2/C=C/c2ccc(CNCCC3CCCN3C)cn2)ccc2[nH]ccc12. The first-order valence-electron chi connectivity index (χ1n) is 12.9. The Bertz CT molecular complexity index is 1430. The third-order valence-electron chi connectivity index (χ3n) is 7.30. The number of nitriles is 1. The van der Waals surface area contributed by atoms with Crippen LogP contribution in [0.3, 0.4) is 0 Å². The number of rotatable bonds is 9. The summed E-state index contributed by atoms with van der Waals surface area (Å²) in [5, 5.41) is 17.9. The highest BCUT2D eigenvalue weighted by atomic mass is 15.1. The molecule has 3 N–H and O–H groups in total. The fraction of sp³-hybridized carbons (Fsp3) is 0.300. The van der Waals surface area contributed by atoms with Crippen molar-refractivity contribution in [1.29, 1.82) is 5.26 Å². The lowest BCUT2D eigenvalue weighted by Crippen LogP contribution is -2.29. The van der Waals surface area contributed by atoms with E-state index in [9.17, 15) is 5.26 Å². The molecule has 1 atom stereocenters. The molecule has 1 unspecified atom stereocenters. The number of aryl methyl sites for hydroxylation is 1. The summed E-state index contributed by atoms with van der Waals surface area (Å²) >= 11 is 0. The minimum Gasteiger partial charge on any atom is -0.361 e. The first kappa shape index (κ1) is 24.7. The number of H-pyrrole nitrogens is 1. The van der Waals surface area contributed by atoms with Crippen LogP contribution in [0.2, 0.25) is 0 Å². The largest absolute Gasteiger partial charge is 0.361 e. The molecule has 0 aliphatic carbocycles. The van der Waals surface area contributed by atoms with Crippen LogP contribution in [0.25, 0.3) is 23.1 Å². The Kier molecular flexibility index (Phi) is 7.59. The van der Waals surface area contributed by atoms with E-state index < -0.39 is 0 Å². The summed E-state index contributed by atoms with van der Waals surface area (Å²) in [4.78, 5) is 14.6. The molecule has 1 aliphatic heterocycles. The van der Waals surface area contributed by atoms with Gasteiger partial charge in [-0.05, 0) is 93.9 Å². The highest BCUT2D eigenvalue weighted by Gasteiger charge is 2.19. The lowest BCUT2D eigenvalue weighted by molar-refractivity contribution is 0.293. The molecule has 0 spiro atoms. The summed E-state index contributed by atoms with van der Waals surface area (Å²) in [6.45, 7) is 5.14. The van der Waals surface area contributed by atoms with Crippen LogP contribution in [0.15, 0.2) is 55.1 Å². The van der Waals surface area contributed by atoms with Crippen molar-refractivity contribution < 1.29 is 0 Å². The number of anilines is 2. The van der Waals surface area contributed by atoms with E-state index in [1.807, 2.05) is 42.7 Å². The second-order valence-corrected chi connectivity index (χ2v) is 9.73. The van der Waals surface area contributed by atoms with Gasteiger partial charge in [0.25, 0.3) is 0 Å². The Morgan fingerprint density at radius 2 is 2.08 bits per heavy atom. The molecule has 1 aliphatic rings. The maximum absolute atomic E-state index is 9.73. The molecule has 7 heteroatoms. The van der Waals surface area contributed by atoms with Crippen LogP contribution in [0.4, 0.5) is 11.4 Å². The average Bonchev–Trinajstić information content (AvgIpc) is 3.57. The van der Waals surface area contributed by atoms with Gasteiger partial charge in [0.05, 0.1) is 16.9 Å². The molecule has 188 valence electrons. The third kappa shape index (κ3) is 5.72. The van der Waals surface area contributed by atoms with Crippen LogP contribution in [0.5, 0.6) is 0 Å². The molecule has 0 saturated carbocycles. The van der Waals surface area contributed by atoms with Gasteiger partial charge in [0.2, 0.25) is 0 Å². The number of nitrogens with one attached hydrogen (secondary N) is 3. The molecule has 0 amide bonds. The average molecular weight is 492 g/mol. The van der Waals surface area contributed by atoms with Crippen molar-refractivity contribution in [2.24, 2.45) is 0 Å². The van der Waals surface area contributed by atoms with E-state index in [-0.39, 0.29) is 0 Å². The number of fused-ring (bicyclic) bond motifs is 1. The second-order valence-electron chi connectivity index (χ2n) is 9.73. The van der Waals surface area contributed by atoms with Crippen molar-refractivity contribution in [3.05, 3.63) is 83.1 Å². The van der Waals surface area contributed by atoms with Crippen molar-refractivity contribution in [3.63, 3.8) is 0 Å². The van der Waals surface area contributed by atoms with Gasteiger partial charge in [-0.2, -0.15) is 5.26 Å². The summed E-state index contributed by atoms with van der Waals surface area (Å²) < 4.78 is 0. The van der Waals surface area contributed by atoms with E-state index in [1.165, 1.54) is 31.4 Å². The lowest BCUT2D eigenvalue weighted by Gasteiger charge is -2.19. The van der Waals surface area contributed by atoms with Gasteiger partial charge in [-0.3, -0.25) is 9.97 Å². The van der Waals surface area contributed by atoms with E-state index in [2.05, 4.69) is 62.7 Å². The number of hydrogen-bond acceptors (Lipinski definition) is 6. The molecule has 1 fully saturated rings. The molecule has 7 nitrogen and oxygen atoms in total. The fourth-order valence-electron chi connectivity index (χ4n) is 5.04. The molecule has 3 aromatic heterocycles. The predicted molar refractivity (Wildman–Crippen MR) is 150 cm³/mol. The smallest absolute Gasteiger partial charge is 0.103 e. The van der Waals surface area contributed by atoms with Gasteiger partial charge < -0.3 is 20.5 Å². The highest BCUT2D eigenvalue weighted by molar-refractivity contribution is 5.90. The van der Waals surface area contributed by atoms with Crippen molar-refractivity contribution in [2.45, 2.75) is 38.8 Å². The van der Waals surface area contributed by atoms with E-state index in [4.69, 9.17) is 0 Å². The van der Waals surface area contributed by atoms with E-state index in [0.29, 0.717) is 11.6 Å². The maximum atomic E-state index is 9.73. The van der Waals surface area contributed by atoms with Crippen molar-refractivity contribution in [2.75, 3.05) is 25.5 Å². The lowest BCUT2D eigenvalue weighted by atomic mass is 10.1. The molecular formula is C30H33N7. The van der Waals surface area contributed by atoms with Crippen LogP contribution in [-0.4, -0.2) is 46.0 Å². The molecule has 1 aromatic carbocycles.